The van der Waals surface area contributed by atoms with Crippen LogP contribution in [0.25, 0.3) is 11.0 Å². The summed E-state index contributed by atoms with van der Waals surface area (Å²) in [5.41, 5.74) is 0.787. The molecule has 13 heteroatoms. The van der Waals surface area contributed by atoms with Gasteiger partial charge in [0.15, 0.2) is 5.76 Å². The molecule has 11 nitrogen and oxygen atoms in total. The second-order valence-corrected chi connectivity index (χ2v) is 7.96. The molecule has 0 atom stereocenters. The summed E-state index contributed by atoms with van der Waals surface area (Å²) >= 11 is 0. The van der Waals surface area contributed by atoms with Gasteiger partial charge in [-0.1, -0.05) is 32.0 Å². The standard InChI is InChI=1S/C17H19N3O3.Cu.H2O4S.H2O/c1-16(2)9-21-17(22-10-16,8-20-12-18-11-19-20)15-7-13-5-3-4-6-14(13)23-15;;1-5(2,3)4;/h3-7,11-12H,8-10H2,1-2H3;;(H2,1,2,3,4);1H2/q;+2;;/p-2. The molecule has 2 aromatic heterocycles. The van der Waals surface area contributed by atoms with Crippen LogP contribution in [0.3, 0.4) is 0 Å². The van der Waals surface area contributed by atoms with Gasteiger partial charge in [-0.3, -0.25) is 8.42 Å². The van der Waals surface area contributed by atoms with Gasteiger partial charge in [0.05, 0.1) is 13.2 Å². The summed E-state index contributed by atoms with van der Waals surface area (Å²) in [6, 6.07) is 9.86. The third-order valence-electron chi connectivity index (χ3n) is 4.03. The van der Waals surface area contributed by atoms with E-state index in [4.69, 9.17) is 31.4 Å². The van der Waals surface area contributed by atoms with Gasteiger partial charge in [0.1, 0.15) is 24.8 Å². The Morgan fingerprint density at radius 3 is 2.30 bits per heavy atom. The first-order valence-corrected chi connectivity index (χ1v) is 9.66. The van der Waals surface area contributed by atoms with Gasteiger partial charge in [0.2, 0.25) is 5.79 Å². The first kappa shape index (κ1) is 26.2. The first-order valence-electron chi connectivity index (χ1n) is 8.32. The van der Waals surface area contributed by atoms with Crippen molar-refractivity contribution in [2.45, 2.75) is 26.2 Å². The summed E-state index contributed by atoms with van der Waals surface area (Å²) in [5.74, 6) is -0.327. The van der Waals surface area contributed by atoms with Crippen molar-refractivity contribution >= 4 is 21.4 Å². The van der Waals surface area contributed by atoms with Crippen LogP contribution in [-0.4, -0.2) is 51.0 Å². The van der Waals surface area contributed by atoms with Gasteiger partial charge >= 0.3 is 17.1 Å². The minimum absolute atomic E-state index is 0. The molecule has 30 heavy (non-hydrogen) atoms. The third kappa shape index (κ3) is 6.86. The fraction of sp³-hybridized carbons (Fsp3) is 0.412. The van der Waals surface area contributed by atoms with Gasteiger partial charge in [-0.05, 0) is 12.1 Å². The molecule has 0 aliphatic carbocycles. The SMILES string of the molecule is CC1(C)COC(Cn2cncn2)(c2cc3ccccc3o2)OC1.O.O=S(=O)([O-])[O-].[Cu+2]. The van der Waals surface area contributed by atoms with Gasteiger partial charge in [-0.2, -0.15) is 5.10 Å². The largest absolute Gasteiger partial charge is 2.00 e. The van der Waals surface area contributed by atoms with Crippen molar-refractivity contribution in [3.05, 3.63) is 48.7 Å². The van der Waals surface area contributed by atoms with E-state index in [0.29, 0.717) is 25.5 Å². The molecule has 3 heterocycles. The van der Waals surface area contributed by atoms with Crippen LogP contribution in [-0.2, 0) is 49.3 Å². The van der Waals surface area contributed by atoms with Crippen molar-refractivity contribution in [3.8, 4) is 0 Å². The first-order chi connectivity index (χ1) is 13.1. The zero-order valence-corrected chi connectivity index (χ0v) is 17.8. The molecule has 1 aliphatic heterocycles. The smallest absolute Gasteiger partial charge is 0.759 e. The van der Waals surface area contributed by atoms with E-state index >= 15 is 0 Å². The number of aromatic nitrogens is 3. The quantitative estimate of drug-likeness (QED) is 0.292. The van der Waals surface area contributed by atoms with Crippen LogP contribution in [0.15, 0.2) is 47.4 Å². The van der Waals surface area contributed by atoms with Crippen LogP contribution < -0.4 is 0 Å². The van der Waals surface area contributed by atoms with Crippen molar-refractivity contribution in [1.29, 1.82) is 0 Å². The van der Waals surface area contributed by atoms with E-state index < -0.39 is 16.2 Å². The van der Waals surface area contributed by atoms with Crippen molar-refractivity contribution in [2.75, 3.05) is 13.2 Å². The summed E-state index contributed by atoms with van der Waals surface area (Å²) in [6.45, 7) is 5.79. The van der Waals surface area contributed by atoms with Crippen LogP contribution in [0, 0.1) is 5.41 Å². The minimum Gasteiger partial charge on any atom is -0.759 e. The van der Waals surface area contributed by atoms with E-state index in [1.807, 2.05) is 30.3 Å². The Bertz CT molecular complexity index is 985. The molecule has 0 bridgehead atoms. The third-order valence-corrected chi connectivity index (χ3v) is 4.03. The van der Waals surface area contributed by atoms with Gasteiger partial charge < -0.3 is 28.5 Å². The number of benzene rings is 1. The second-order valence-electron chi connectivity index (χ2n) is 7.14. The molecule has 3 aromatic rings. The van der Waals surface area contributed by atoms with E-state index in [2.05, 4.69) is 23.9 Å². The molecular formula is C17H21CuN3O8S. The summed E-state index contributed by atoms with van der Waals surface area (Å²) in [7, 11) is -5.17. The molecule has 2 N–H and O–H groups in total. The van der Waals surface area contributed by atoms with Gasteiger partial charge in [0.25, 0.3) is 0 Å². The molecular weight excluding hydrogens is 470 g/mol. The molecule has 4 rings (SSSR count). The van der Waals surface area contributed by atoms with Crippen LogP contribution in [0.5, 0.6) is 0 Å². The number of furan rings is 1. The maximum Gasteiger partial charge on any atom is 2.00 e. The van der Waals surface area contributed by atoms with Gasteiger partial charge in [-0.25, -0.2) is 9.67 Å². The summed E-state index contributed by atoms with van der Waals surface area (Å²) < 4.78 is 54.1. The molecule has 0 unspecified atom stereocenters. The molecule has 1 radical (unpaired) electrons. The number of rotatable bonds is 3. The minimum atomic E-state index is -5.17. The van der Waals surface area contributed by atoms with E-state index in [-0.39, 0.29) is 28.0 Å². The zero-order chi connectivity index (χ0) is 20.4. The Morgan fingerprint density at radius 2 is 1.77 bits per heavy atom. The molecule has 0 saturated carbocycles. The molecule has 1 saturated heterocycles. The maximum atomic E-state index is 8.52. The average molecular weight is 491 g/mol. The summed E-state index contributed by atoms with van der Waals surface area (Å²) in [6.07, 6.45) is 3.15. The Labute approximate surface area is 183 Å². The van der Waals surface area contributed by atoms with Gasteiger partial charge in [-0.15, -0.1) is 0 Å². The predicted octanol–water partition coefficient (Wildman–Crippen LogP) is 0.785. The summed E-state index contributed by atoms with van der Waals surface area (Å²) in [4.78, 5) is 3.99. The monoisotopic (exact) mass is 490 g/mol. The fourth-order valence-electron chi connectivity index (χ4n) is 2.72. The van der Waals surface area contributed by atoms with Crippen molar-refractivity contribution < 1.29 is 54.0 Å². The van der Waals surface area contributed by atoms with Crippen LogP contribution in [0.4, 0.5) is 0 Å². The Morgan fingerprint density at radius 1 is 1.17 bits per heavy atom. The number of para-hydroxylation sites is 1. The van der Waals surface area contributed by atoms with E-state index in [0.717, 1.165) is 11.0 Å². The number of nitrogens with zero attached hydrogens (tertiary/aromatic N) is 3. The molecule has 0 amide bonds. The van der Waals surface area contributed by atoms with Crippen molar-refractivity contribution in [3.63, 3.8) is 0 Å². The van der Waals surface area contributed by atoms with E-state index in [9.17, 15) is 0 Å². The predicted molar refractivity (Wildman–Crippen MR) is 97.7 cm³/mol. The second kappa shape index (κ2) is 9.98. The number of fused-ring (bicyclic) bond motifs is 1. The average Bonchev–Trinajstić information content (AvgIpc) is 3.25. The molecule has 1 aromatic carbocycles. The Hall–Kier alpha value is -1.83. The van der Waals surface area contributed by atoms with Gasteiger partial charge in [0, 0.05) is 21.2 Å². The van der Waals surface area contributed by atoms with Crippen molar-refractivity contribution in [2.24, 2.45) is 5.41 Å². The molecule has 1 fully saturated rings. The van der Waals surface area contributed by atoms with Crippen LogP contribution in [0.1, 0.15) is 19.6 Å². The Kier molecular flexibility index (Phi) is 8.72. The Balaban J connectivity index is 0.000000581. The van der Waals surface area contributed by atoms with E-state index in [1.54, 1.807) is 11.0 Å². The van der Waals surface area contributed by atoms with Crippen molar-refractivity contribution in [1.82, 2.24) is 14.8 Å². The molecule has 169 valence electrons. The fourth-order valence-corrected chi connectivity index (χ4v) is 2.72. The maximum absolute atomic E-state index is 8.52. The normalized spacial score (nSPS) is 17.2. The number of hydrogen-bond acceptors (Lipinski definition) is 9. The van der Waals surface area contributed by atoms with Crippen LogP contribution >= 0.6 is 0 Å². The molecule has 1 aliphatic rings. The zero-order valence-electron chi connectivity index (χ0n) is 16.1. The number of hydrogen-bond donors (Lipinski definition) is 0. The summed E-state index contributed by atoms with van der Waals surface area (Å²) in [5, 5.41) is 5.20. The number of ether oxygens (including phenoxy) is 2. The van der Waals surface area contributed by atoms with Crippen LogP contribution in [0.2, 0.25) is 0 Å². The molecule has 0 spiro atoms. The van der Waals surface area contributed by atoms with E-state index in [1.165, 1.54) is 6.33 Å². The topological polar surface area (TPSA) is 174 Å².